The fourth-order valence-electron chi connectivity index (χ4n) is 1.15. The van der Waals surface area contributed by atoms with Crippen LogP contribution in [0.25, 0.3) is 0 Å². The quantitative estimate of drug-likeness (QED) is 0.434. The topological polar surface area (TPSA) is 62.4 Å². The second-order valence-corrected chi connectivity index (χ2v) is 2.81. The molecule has 0 aliphatic heterocycles. The van der Waals surface area contributed by atoms with E-state index in [1.54, 1.807) is 0 Å². The third-order valence-electron chi connectivity index (χ3n) is 1.75. The molecule has 1 fully saturated rings. The highest BCUT2D eigenvalue weighted by Crippen LogP contribution is 2.21. The van der Waals surface area contributed by atoms with Gasteiger partial charge in [-0.15, -0.1) is 0 Å². The third kappa shape index (κ3) is 2.35. The van der Waals surface area contributed by atoms with Crippen LogP contribution < -0.4 is 0 Å². The molecule has 0 N–H and O–H groups in total. The first-order valence-electron chi connectivity index (χ1n) is 3.85. The van der Waals surface area contributed by atoms with Crippen molar-refractivity contribution in [1.29, 1.82) is 5.26 Å². The zero-order valence-corrected chi connectivity index (χ0v) is 6.91. The first-order valence-corrected chi connectivity index (χ1v) is 3.85. The van der Waals surface area contributed by atoms with Crippen molar-refractivity contribution >= 4 is 11.7 Å². The largest absolute Gasteiger partial charge is 0.331 e. The maximum atomic E-state index is 10.4. The lowest BCUT2D eigenvalue weighted by atomic mass is 10.1. The smallest absolute Gasteiger partial charge is 0.319 e. The molecule has 1 atom stereocenters. The second kappa shape index (κ2) is 3.86. The average Bonchev–Trinajstić information content (AvgIpc) is 2.48. The van der Waals surface area contributed by atoms with E-state index in [-0.39, 0.29) is 5.92 Å². The molecule has 0 spiro atoms. The van der Waals surface area contributed by atoms with Gasteiger partial charge in [0.2, 0.25) is 0 Å². The number of nitriles is 1. The molecular weight excluding hydrogens is 156 g/mol. The highest BCUT2D eigenvalue weighted by atomic mass is 16.7. The Morgan fingerprint density at radius 1 is 1.83 bits per heavy atom. The van der Waals surface area contributed by atoms with E-state index >= 15 is 0 Å². The van der Waals surface area contributed by atoms with Crippen LogP contribution in [0.15, 0.2) is 5.16 Å². The van der Waals surface area contributed by atoms with Crippen LogP contribution in [0.1, 0.15) is 26.2 Å². The van der Waals surface area contributed by atoms with Gasteiger partial charge < -0.3 is 4.84 Å². The Morgan fingerprint density at radius 2 is 2.58 bits per heavy atom. The highest BCUT2D eigenvalue weighted by Gasteiger charge is 2.20. The maximum absolute atomic E-state index is 10.4. The number of carbonyl (C=O) groups excluding carboxylic acids is 1. The van der Waals surface area contributed by atoms with Crippen LogP contribution in [0.3, 0.4) is 0 Å². The molecule has 4 nitrogen and oxygen atoms in total. The molecule has 4 heteroatoms. The summed E-state index contributed by atoms with van der Waals surface area (Å²) in [5, 5.41) is 12.2. The van der Waals surface area contributed by atoms with Crippen LogP contribution in [0.5, 0.6) is 0 Å². The minimum Gasteiger partial charge on any atom is -0.319 e. The van der Waals surface area contributed by atoms with Gasteiger partial charge in [0.1, 0.15) is 0 Å². The average molecular weight is 166 g/mol. The molecule has 1 aliphatic rings. The van der Waals surface area contributed by atoms with E-state index in [0.717, 1.165) is 18.6 Å². The van der Waals surface area contributed by atoms with Crippen molar-refractivity contribution in [2.45, 2.75) is 26.2 Å². The van der Waals surface area contributed by atoms with Crippen molar-refractivity contribution in [3.63, 3.8) is 0 Å². The van der Waals surface area contributed by atoms with Crippen molar-refractivity contribution in [3.05, 3.63) is 0 Å². The maximum Gasteiger partial charge on any atom is 0.331 e. The minimum absolute atomic E-state index is 0.0549. The van der Waals surface area contributed by atoms with Gasteiger partial charge in [-0.3, -0.25) is 0 Å². The third-order valence-corrected chi connectivity index (χ3v) is 1.75. The predicted octanol–water partition coefficient (Wildman–Crippen LogP) is 1.23. The molecular formula is C8H10N2O2. The first-order chi connectivity index (χ1) is 5.72. The van der Waals surface area contributed by atoms with Gasteiger partial charge in [0.05, 0.1) is 17.7 Å². The van der Waals surface area contributed by atoms with Gasteiger partial charge >= 0.3 is 5.97 Å². The van der Waals surface area contributed by atoms with E-state index in [1.165, 1.54) is 6.92 Å². The Morgan fingerprint density at radius 3 is 3.08 bits per heavy atom. The lowest BCUT2D eigenvalue weighted by Crippen LogP contribution is -1.97. The fraction of sp³-hybridized carbons (Fsp3) is 0.625. The normalized spacial score (nSPS) is 25.3. The van der Waals surface area contributed by atoms with Gasteiger partial charge in [0, 0.05) is 13.3 Å². The van der Waals surface area contributed by atoms with Crippen molar-refractivity contribution in [1.82, 2.24) is 0 Å². The molecule has 0 saturated heterocycles. The second-order valence-electron chi connectivity index (χ2n) is 2.81. The number of oxime groups is 1. The van der Waals surface area contributed by atoms with Crippen LogP contribution in [-0.2, 0) is 9.63 Å². The summed E-state index contributed by atoms with van der Waals surface area (Å²) in [5.41, 5.74) is 0.816. The standard InChI is InChI=1S/C8H10N2O2/c1-6(11)12-10-8-3-2-7(4-8)5-9/h7H,2-4H2,1H3. The van der Waals surface area contributed by atoms with Crippen LogP contribution in [0, 0.1) is 17.2 Å². The van der Waals surface area contributed by atoms with Crippen LogP contribution in [-0.4, -0.2) is 11.7 Å². The Balaban J connectivity index is 2.42. The molecule has 0 heterocycles. The summed E-state index contributed by atoms with van der Waals surface area (Å²) in [6.45, 7) is 1.31. The number of rotatable bonds is 1. The summed E-state index contributed by atoms with van der Waals surface area (Å²) in [4.78, 5) is 14.8. The summed E-state index contributed by atoms with van der Waals surface area (Å²) in [5.74, 6) is -0.359. The number of hydrogen-bond donors (Lipinski definition) is 0. The minimum atomic E-state index is -0.414. The van der Waals surface area contributed by atoms with Gasteiger partial charge in [0.25, 0.3) is 0 Å². The van der Waals surface area contributed by atoms with E-state index in [4.69, 9.17) is 5.26 Å². The van der Waals surface area contributed by atoms with Gasteiger partial charge in [0.15, 0.2) is 0 Å². The molecule has 0 aromatic heterocycles. The van der Waals surface area contributed by atoms with Gasteiger partial charge in [-0.25, -0.2) is 4.79 Å². The fourth-order valence-corrected chi connectivity index (χ4v) is 1.15. The lowest BCUT2D eigenvalue weighted by molar-refractivity contribution is -0.140. The van der Waals surface area contributed by atoms with E-state index in [1.807, 2.05) is 0 Å². The van der Waals surface area contributed by atoms with Crippen LogP contribution in [0.4, 0.5) is 0 Å². The van der Waals surface area contributed by atoms with E-state index in [2.05, 4.69) is 16.1 Å². The van der Waals surface area contributed by atoms with Crippen molar-refractivity contribution < 1.29 is 9.63 Å². The Labute approximate surface area is 70.8 Å². The molecule has 0 bridgehead atoms. The first kappa shape index (κ1) is 8.72. The molecule has 1 rings (SSSR count). The van der Waals surface area contributed by atoms with E-state index < -0.39 is 5.97 Å². The SMILES string of the molecule is CC(=O)ON=C1CCC(C#N)C1. The highest BCUT2D eigenvalue weighted by molar-refractivity contribution is 5.87. The zero-order valence-electron chi connectivity index (χ0n) is 6.91. The molecule has 1 saturated carbocycles. The van der Waals surface area contributed by atoms with E-state index in [9.17, 15) is 4.79 Å². The summed E-state index contributed by atoms with van der Waals surface area (Å²) in [7, 11) is 0. The Bertz CT molecular complexity index is 252. The molecule has 0 amide bonds. The van der Waals surface area contributed by atoms with Crippen molar-refractivity contribution in [2.24, 2.45) is 11.1 Å². The zero-order chi connectivity index (χ0) is 8.97. The summed E-state index contributed by atoms with van der Waals surface area (Å²) >= 11 is 0. The Kier molecular flexibility index (Phi) is 2.81. The predicted molar refractivity (Wildman–Crippen MR) is 42.2 cm³/mol. The number of hydrogen-bond acceptors (Lipinski definition) is 4. The monoisotopic (exact) mass is 166 g/mol. The molecule has 64 valence electrons. The van der Waals surface area contributed by atoms with Gasteiger partial charge in [-0.2, -0.15) is 5.26 Å². The number of carbonyl (C=O) groups is 1. The Hall–Kier alpha value is -1.37. The molecule has 0 aromatic carbocycles. The summed E-state index contributed by atoms with van der Waals surface area (Å²) < 4.78 is 0. The molecule has 1 unspecified atom stereocenters. The van der Waals surface area contributed by atoms with Gasteiger partial charge in [-0.1, -0.05) is 5.16 Å². The van der Waals surface area contributed by atoms with Crippen molar-refractivity contribution in [3.8, 4) is 6.07 Å². The van der Waals surface area contributed by atoms with Crippen molar-refractivity contribution in [2.75, 3.05) is 0 Å². The van der Waals surface area contributed by atoms with E-state index in [0.29, 0.717) is 6.42 Å². The number of nitrogens with zero attached hydrogens (tertiary/aromatic N) is 2. The summed E-state index contributed by atoms with van der Waals surface area (Å²) in [6, 6.07) is 2.16. The molecule has 0 aromatic rings. The lowest BCUT2D eigenvalue weighted by Gasteiger charge is -1.93. The van der Waals surface area contributed by atoms with Gasteiger partial charge in [-0.05, 0) is 12.8 Å². The molecule has 12 heavy (non-hydrogen) atoms. The molecule has 0 radical (unpaired) electrons. The molecule has 1 aliphatic carbocycles. The summed E-state index contributed by atoms with van der Waals surface area (Å²) in [6.07, 6.45) is 2.24. The van der Waals surface area contributed by atoms with Crippen LogP contribution >= 0.6 is 0 Å². The van der Waals surface area contributed by atoms with Crippen LogP contribution in [0.2, 0.25) is 0 Å².